The molecule has 0 saturated carbocycles. The maximum Gasteiger partial charge on any atom is 0.203 e. The van der Waals surface area contributed by atoms with Crippen LogP contribution in [0.2, 0.25) is 0 Å². The molecule has 138 heavy (non-hydrogen) atoms. The molecule has 5 heterocycles. The van der Waals surface area contributed by atoms with E-state index < -0.39 is 0 Å². The van der Waals surface area contributed by atoms with Gasteiger partial charge < -0.3 is 47.9 Å². The van der Waals surface area contributed by atoms with Crippen LogP contribution < -0.4 is 48.3 Å². The van der Waals surface area contributed by atoms with Gasteiger partial charge >= 0.3 is 0 Å². The van der Waals surface area contributed by atoms with E-state index in [1.807, 2.05) is 91.0 Å². The summed E-state index contributed by atoms with van der Waals surface area (Å²) >= 11 is 0. The van der Waals surface area contributed by atoms with Crippen molar-refractivity contribution in [2.24, 2.45) is 0 Å². The highest BCUT2D eigenvalue weighted by Crippen LogP contribution is 2.48. The van der Waals surface area contributed by atoms with Crippen molar-refractivity contribution in [2.75, 3.05) is 53.9 Å². The summed E-state index contributed by atoms with van der Waals surface area (Å²) in [6, 6.07) is 48.1. The number of fused-ring (bicyclic) bond motifs is 8. The summed E-state index contributed by atoms with van der Waals surface area (Å²) in [7, 11) is 3.28. The highest BCUT2D eigenvalue weighted by atomic mass is 16.5. The zero-order valence-corrected chi connectivity index (χ0v) is 85.0. The Morgan fingerprint density at radius 3 is 0.957 bits per heavy atom. The van der Waals surface area contributed by atoms with Gasteiger partial charge in [0.2, 0.25) is 11.5 Å². The lowest BCUT2D eigenvalue weighted by atomic mass is 9.86. The highest BCUT2D eigenvalue weighted by Gasteiger charge is 2.28. The number of methoxy groups -OCH3 is 2. The molecule has 734 valence electrons. The first-order valence-electron chi connectivity index (χ1n) is 53.4. The fourth-order valence-corrected chi connectivity index (χ4v) is 18.3. The standard InChI is InChI=1S/C122H158N8O8/c1-9-15-21-27-33-39-45-51-79-133-112-85-97(86-113(134-80-52-46-40-34-28-22-16-10-2)121(112)137-83-55-49-43-37-31-25-19-13-5)117-106-73-71-104(127-106)103(70-59-93-57-66-101(131-7)67-58-93)105-72-74-107(128-105)118(98-87-114(135-81-53-47-41-35-29-23-17-11-3)122(138-84-56-50-44-38-32-26-20-14-6)115(88-98)136-82-54-48-42-36-30-24-18-12-4)109-76-78-111(130-109)120(110-77-75-108(117)129-110)119(100(91-125)92-126)116(96-64-68-102(132-8)69-65-96)95-62-60-94(61-63-95)99(89-123)90-124/h57-58,60-69,71-78,85-88,127,130H,9-56,79-84H2,1-8H3. The number of rotatable bonds is 67. The van der Waals surface area contributed by atoms with Crippen LogP contribution in [0.1, 0.15) is 395 Å². The zero-order chi connectivity index (χ0) is 97.2. The smallest absolute Gasteiger partial charge is 0.203 e. The SMILES string of the molecule is CCCCCCCCCCOc1cc(-c2c3nc(c(C(=C(C#N)C#N)C(c4ccc(OC)cc4)=c4ccc(=C(C#N)C#N)cc4)c4ccc([nH]4)c(-c4cc(OCCCCCCCCCC)c(OCCCCCCCCCC)c(OCCCCCCCCCC)c4)c4nc(c(C#Cc5ccc(OC)cc5)c5ccc2[nH]5)C=C4)C=C3)cc(OCCCCCCCCCC)c1OCCCCCCCCCC. The quantitative estimate of drug-likeness (QED) is 0.0205. The Morgan fingerprint density at radius 2 is 0.601 bits per heavy atom. The first-order valence-corrected chi connectivity index (χ1v) is 53.4. The molecule has 0 aliphatic carbocycles. The molecule has 10 rings (SSSR count). The number of unbranched alkanes of at least 4 members (excludes halogenated alkanes) is 42. The number of benzene rings is 5. The molecule has 3 aromatic heterocycles. The van der Waals surface area contributed by atoms with Crippen LogP contribution in [0.3, 0.4) is 0 Å². The molecule has 16 nitrogen and oxygen atoms in total. The molecule has 5 aromatic carbocycles. The summed E-state index contributed by atoms with van der Waals surface area (Å²) in [5.74, 6) is 12.0. The van der Waals surface area contributed by atoms with E-state index in [0.29, 0.717) is 169 Å². The normalized spacial score (nSPS) is 11.3. The molecule has 0 amide bonds. The Kier molecular flexibility index (Phi) is 49.8. The molecule has 0 fully saturated rings. The Hall–Kier alpha value is -11.9. The summed E-state index contributed by atoms with van der Waals surface area (Å²) in [6.45, 7) is 16.4. The number of H-pyrrole nitrogens is 2. The third-order valence-corrected chi connectivity index (χ3v) is 26.3. The molecule has 8 bridgehead atoms. The summed E-state index contributed by atoms with van der Waals surface area (Å²) in [6.07, 6.45) is 63.1. The van der Waals surface area contributed by atoms with Gasteiger partial charge in [0.1, 0.15) is 46.9 Å². The Labute approximate surface area is 827 Å². The molecule has 2 aliphatic heterocycles. The van der Waals surface area contributed by atoms with E-state index in [2.05, 4.69) is 130 Å². The number of nitrogens with zero attached hydrogens (tertiary/aromatic N) is 6. The number of nitriles is 4. The molecule has 0 radical (unpaired) electrons. The van der Waals surface area contributed by atoms with Gasteiger partial charge in [-0.1, -0.05) is 359 Å². The van der Waals surface area contributed by atoms with Gasteiger partial charge in [-0.2, -0.15) is 21.0 Å². The summed E-state index contributed by atoms with van der Waals surface area (Å²) in [4.78, 5) is 19.7. The van der Waals surface area contributed by atoms with Crippen molar-refractivity contribution in [2.45, 2.75) is 350 Å². The highest BCUT2D eigenvalue weighted by molar-refractivity contribution is 6.13. The summed E-state index contributed by atoms with van der Waals surface area (Å²) < 4.78 is 54.5. The minimum atomic E-state index is -0.210. The summed E-state index contributed by atoms with van der Waals surface area (Å²) in [5, 5.41) is 45.5. The molecule has 8 aromatic rings. The number of aromatic amines is 2. The molecule has 2 aliphatic rings. The topological polar surface area (TPSA) is 226 Å². The van der Waals surface area contributed by atoms with Crippen LogP contribution in [0.4, 0.5) is 0 Å². The van der Waals surface area contributed by atoms with Gasteiger partial charge in [0, 0.05) is 49.6 Å². The van der Waals surface area contributed by atoms with E-state index in [9.17, 15) is 21.0 Å². The molecule has 0 atom stereocenters. The van der Waals surface area contributed by atoms with Gasteiger partial charge in [0.25, 0.3) is 0 Å². The predicted molar refractivity (Wildman–Crippen MR) is 571 cm³/mol. The van der Waals surface area contributed by atoms with Crippen molar-refractivity contribution in [1.29, 1.82) is 21.0 Å². The number of allylic oxidation sites excluding steroid dienone is 2. The molecule has 16 heteroatoms. The molecule has 2 N–H and O–H groups in total. The molecule has 0 unspecified atom stereocenters. The van der Waals surface area contributed by atoms with Crippen molar-refractivity contribution >= 4 is 63.1 Å². The van der Waals surface area contributed by atoms with Crippen molar-refractivity contribution < 1.29 is 37.9 Å². The fourth-order valence-electron chi connectivity index (χ4n) is 18.3. The van der Waals surface area contributed by atoms with Crippen molar-refractivity contribution in [1.82, 2.24) is 19.9 Å². The maximum atomic E-state index is 11.9. The van der Waals surface area contributed by atoms with Gasteiger partial charge in [-0.05, 0) is 175 Å². The second kappa shape index (κ2) is 63.6. The molecular formula is C122H158N8O8. The largest absolute Gasteiger partial charge is 0.497 e. The second-order valence-electron chi connectivity index (χ2n) is 37.3. The second-order valence-corrected chi connectivity index (χ2v) is 37.3. The van der Waals surface area contributed by atoms with Crippen LogP contribution in [0, 0.1) is 57.2 Å². The third-order valence-electron chi connectivity index (χ3n) is 26.3. The lowest BCUT2D eigenvalue weighted by Crippen LogP contribution is -2.15. The first-order chi connectivity index (χ1) is 68.1. The van der Waals surface area contributed by atoms with Gasteiger partial charge in [-0.15, -0.1) is 0 Å². The van der Waals surface area contributed by atoms with Crippen LogP contribution >= 0.6 is 0 Å². The molecular weight excluding hydrogens is 1710 g/mol. The fraction of sp³-hybridized carbons (Fsp3) is 0.508. The van der Waals surface area contributed by atoms with Gasteiger partial charge in [-0.25, -0.2) is 9.97 Å². The maximum absolute atomic E-state index is 11.9. The van der Waals surface area contributed by atoms with Crippen LogP contribution in [-0.2, 0) is 0 Å². The van der Waals surface area contributed by atoms with Crippen LogP contribution in [0.25, 0.3) is 85.3 Å². The van der Waals surface area contributed by atoms with E-state index in [0.717, 1.165) is 138 Å². The third kappa shape index (κ3) is 34.6. The molecule has 0 spiro atoms. The van der Waals surface area contributed by atoms with Gasteiger partial charge in [0.15, 0.2) is 23.0 Å². The van der Waals surface area contributed by atoms with E-state index >= 15 is 0 Å². The zero-order valence-electron chi connectivity index (χ0n) is 85.0. The van der Waals surface area contributed by atoms with Crippen molar-refractivity contribution in [3.63, 3.8) is 0 Å². The average molecular weight is 1860 g/mol. The predicted octanol–water partition coefficient (Wildman–Crippen LogP) is 32.4. The van der Waals surface area contributed by atoms with E-state index in [4.69, 9.17) is 47.9 Å². The number of ether oxygens (including phenoxy) is 8. The van der Waals surface area contributed by atoms with E-state index in [1.165, 1.54) is 193 Å². The van der Waals surface area contributed by atoms with Crippen molar-refractivity contribution in [3.05, 3.63) is 182 Å². The number of aromatic nitrogens is 4. The van der Waals surface area contributed by atoms with Crippen molar-refractivity contribution in [3.8, 4) is 104 Å². The average Bonchev–Trinajstić information content (AvgIpc) is 1.60. The lowest BCUT2D eigenvalue weighted by molar-refractivity contribution is 0.234. The van der Waals surface area contributed by atoms with Gasteiger partial charge in [0.05, 0.1) is 87.7 Å². The van der Waals surface area contributed by atoms with Gasteiger partial charge in [-0.3, -0.25) is 0 Å². The minimum absolute atomic E-state index is 0.0663. The van der Waals surface area contributed by atoms with E-state index in [1.54, 1.807) is 26.4 Å². The number of hydrogen-bond acceptors (Lipinski definition) is 14. The van der Waals surface area contributed by atoms with Crippen LogP contribution in [0.5, 0.6) is 46.0 Å². The first kappa shape index (κ1) is 108. The summed E-state index contributed by atoms with van der Waals surface area (Å²) in [5.41, 5.74) is 10.5. The Balaban J connectivity index is 1.32. The lowest BCUT2D eigenvalue weighted by Gasteiger charge is -2.19. The monoisotopic (exact) mass is 1860 g/mol. The Bertz CT molecular complexity index is 5460. The minimum Gasteiger partial charge on any atom is -0.497 e. The molecule has 0 saturated heterocycles. The van der Waals surface area contributed by atoms with E-state index in [-0.39, 0.29) is 16.7 Å². The number of hydrogen-bond donors (Lipinski definition) is 2. The Morgan fingerprint density at radius 1 is 0.297 bits per heavy atom. The number of nitrogens with one attached hydrogen (secondary N) is 2. The van der Waals surface area contributed by atoms with Crippen LogP contribution in [-0.4, -0.2) is 73.8 Å². The van der Waals surface area contributed by atoms with Crippen LogP contribution in [0.15, 0.2) is 127 Å².